The molecule has 5 nitrogen and oxygen atoms in total. The van der Waals surface area contributed by atoms with E-state index in [0.717, 1.165) is 13.0 Å². The van der Waals surface area contributed by atoms with Gasteiger partial charge < -0.3 is 14.8 Å². The second-order valence-electron chi connectivity index (χ2n) is 4.80. The zero-order chi connectivity index (χ0) is 12.5. The number of hydrogen-bond donors (Lipinski definition) is 1. The zero-order valence-electron chi connectivity index (χ0n) is 10.2. The van der Waals surface area contributed by atoms with E-state index in [1.54, 1.807) is 19.5 Å². The van der Waals surface area contributed by atoms with E-state index in [0.29, 0.717) is 41.6 Å². The summed E-state index contributed by atoms with van der Waals surface area (Å²) < 4.78 is 11.0. The topological polar surface area (TPSA) is 56.3 Å². The average molecular weight is 270 g/mol. The Morgan fingerprint density at radius 3 is 3.00 bits per heavy atom. The Morgan fingerprint density at radius 2 is 2.28 bits per heavy atom. The van der Waals surface area contributed by atoms with E-state index in [1.165, 1.54) is 0 Å². The molecule has 18 heavy (non-hydrogen) atoms. The molecule has 1 N–H and O–H groups in total. The normalized spacial score (nSPS) is 33.9. The van der Waals surface area contributed by atoms with Crippen molar-refractivity contribution in [2.45, 2.75) is 18.6 Å². The Kier molecular flexibility index (Phi) is 3.37. The van der Waals surface area contributed by atoms with Crippen molar-refractivity contribution in [3.8, 4) is 0 Å². The lowest BCUT2D eigenvalue weighted by atomic mass is 9.67. The smallest absolute Gasteiger partial charge is 0.222 e. The number of nitrogens with one attached hydrogen (secondary N) is 1. The van der Waals surface area contributed by atoms with Crippen LogP contribution in [0.3, 0.4) is 0 Å². The van der Waals surface area contributed by atoms with Crippen molar-refractivity contribution in [1.82, 2.24) is 9.97 Å². The van der Waals surface area contributed by atoms with E-state index in [1.807, 2.05) is 0 Å². The second-order valence-corrected chi connectivity index (χ2v) is 5.24. The van der Waals surface area contributed by atoms with Crippen LogP contribution in [0.2, 0.25) is 5.02 Å². The van der Waals surface area contributed by atoms with Crippen LogP contribution in [-0.4, -0.2) is 42.4 Å². The number of anilines is 1. The SMILES string of the molecule is COC[C@@H]1[C@@H](Nc2ncc(Cl)cn2)[C@@H]2CCO[C@H]12. The van der Waals surface area contributed by atoms with Crippen LogP contribution < -0.4 is 5.32 Å². The van der Waals surface area contributed by atoms with Gasteiger partial charge in [-0.3, -0.25) is 0 Å². The summed E-state index contributed by atoms with van der Waals surface area (Å²) >= 11 is 5.77. The van der Waals surface area contributed by atoms with Crippen molar-refractivity contribution >= 4 is 17.5 Å². The zero-order valence-corrected chi connectivity index (χ0v) is 10.9. The third-order valence-electron chi connectivity index (χ3n) is 3.80. The highest BCUT2D eigenvalue weighted by atomic mass is 35.5. The Balaban J connectivity index is 1.69. The van der Waals surface area contributed by atoms with Crippen molar-refractivity contribution in [3.63, 3.8) is 0 Å². The molecule has 1 saturated heterocycles. The first-order chi connectivity index (χ1) is 8.79. The van der Waals surface area contributed by atoms with Crippen LogP contribution in [0.15, 0.2) is 12.4 Å². The summed E-state index contributed by atoms with van der Waals surface area (Å²) in [5.41, 5.74) is 0. The molecule has 3 rings (SSSR count). The maximum Gasteiger partial charge on any atom is 0.222 e. The van der Waals surface area contributed by atoms with Gasteiger partial charge in [-0.15, -0.1) is 0 Å². The molecule has 1 aliphatic heterocycles. The maximum atomic E-state index is 5.77. The second kappa shape index (κ2) is 4.99. The molecular weight excluding hydrogens is 254 g/mol. The molecular formula is C12H16ClN3O2. The van der Waals surface area contributed by atoms with Gasteiger partial charge >= 0.3 is 0 Å². The third kappa shape index (κ3) is 2.06. The van der Waals surface area contributed by atoms with Crippen LogP contribution in [0.5, 0.6) is 0 Å². The maximum absolute atomic E-state index is 5.77. The van der Waals surface area contributed by atoms with Gasteiger partial charge in [0.15, 0.2) is 0 Å². The number of ether oxygens (including phenoxy) is 2. The first kappa shape index (κ1) is 12.1. The van der Waals surface area contributed by atoms with Gasteiger partial charge in [0.25, 0.3) is 0 Å². The molecule has 1 saturated carbocycles. The van der Waals surface area contributed by atoms with Crippen molar-refractivity contribution in [2.75, 3.05) is 25.6 Å². The largest absolute Gasteiger partial charge is 0.384 e. The number of aromatic nitrogens is 2. The molecule has 0 aromatic carbocycles. The minimum absolute atomic E-state index is 0.328. The minimum atomic E-state index is 0.328. The van der Waals surface area contributed by atoms with Crippen LogP contribution in [0.1, 0.15) is 6.42 Å². The Morgan fingerprint density at radius 1 is 1.50 bits per heavy atom. The number of nitrogens with zero attached hydrogens (tertiary/aromatic N) is 2. The van der Waals surface area contributed by atoms with Crippen molar-refractivity contribution in [2.24, 2.45) is 11.8 Å². The highest BCUT2D eigenvalue weighted by Crippen LogP contribution is 2.44. The van der Waals surface area contributed by atoms with E-state index < -0.39 is 0 Å². The van der Waals surface area contributed by atoms with Gasteiger partial charge in [-0.2, -0.15) is 0 Å². The summed E-state index contributed by atoms with van der Waals surface area (Å²) in [5, 5.41) is 3.92. The van der Waals surface area contributed by atoms with E-state index in [2.05, 4.69) is 15.3 Å². The van der Waals surface area contributed by atoms with Crippen molar-refractivity contribution in [1.29, 1.82) is 0 Å². The molecule has 0 unspecified atom stereocenters. The highest BCUT2D eigenvalue weighted by Gasteiger charge is 2.53. The lowest BCUT2D eigenvalue weighted by Crippen LogP contribution is -2.58. The van der Waals surface area contributed by atoms with Crippen LogP contribution >= 0.6 is 11.6 Å². The molecule has 98 valence electrons. The molecule has 0 radical (unpaired) electrons. The third-order valence-corrected chi connectivity index (χ3v) is 4.00. The van der Waals surface area contributed by atoms with Crippen LogP contribution in [0, 0.1) is 11.8 Å². The Hall–Kier alpha value is -0.910. The number of halogens is 1. The van der Waals surface area contributed by atoms with Crippen molar-refractivity contribution in [3.05, 3.63) is 17.4 Å². The molecule has 2 aliphatic rings. The summed E-state index contributed by atoms with van der Waals surface area (Å²) in [6, 6.07) is 0.332. The fourth-order valence-electron chi connectivity index (χ4n) is 2.97. The molecule has 0 bridgehead atoms. The van der Waals surface area contributed by atoms with E-state index in [-0.39, 0.29) is 0 Å². The molecule has 0 amide bonds. The van der Waals surface area contributed by atoms with Gasteiger partial charge in [0.2, 0.25) is 5.95 Å². The number of fused-ring (bicyclic) bond motifs is 1. The lowest BCUT2D eigenvalue weighted by molar-refractivity contribution is -0.0668. The van der Waals surface area contributed by atoms with Gasteiger partial charge in [-0.1, -0.05) is 11.6 Å². The Bertz CT molecular complexity index is 414. The highest BCUT2D eigenvalue weighted by molar-refractivity contribution is 6.30. The first-order valence-electron chi connectivity index (χ1n) is 6.14. The van der Waals surface area contributed by atoms with Gasteiger partial charge in [-0.05, 0) is 6.42 Å². The summed E-state index contributed by atoms with van der Waals surface area (Å²) in [4.78, 5) is 8.35. The monoisotopic (exact) mass is 269 g/mol. The van der Waals surface area contributed by atoms with Gasteiger partial charge in [0.1, 0.15) is 0 Å². The summed E-state index contributed by atoms with van der Waals surface area (Å²) in [6.45, 7) is 1.54. The quantitative estimate of drug-likeness (QED) is 0.900. The predicted molar refractivity (Wildman–Crippen MR) is 67.7 cm³/mol. The minimum Gasteiger partial charge on any atom is -0.384 e. The van der Waals surface area contributed by atoms with Crippen LogP contribution in [-0.2, 0) is 9.47 Å². The molecule has 6 heteroatoms. The molecule has 1 aromatic rings. The van der Waals surface area contributed by atoms with Gasteiger partial charge in [-0.25, -0.2) is 9.97 Å². The van der Waals surface area contributed by atoms with E-state index in [4.69, 9.17) is 21.1 Å². The summed E-state index contributed by atoms with van der Waals surface area (Å²) in [6.07, 6.45) is 4.62. The van der Waals surface area contributed by atoms with Gasteiger partial charge in [0.05, 0.1) is 30.1 Å². The molecule has 1 aliphatic carbocycles. The molecule has 0 spiro atoms. The Labute approximate surface area is 111 Å². The van der Waals surface area contributed by atoms with Gasteiger partial charge in [0, 0.05) is 31.6 Å². The number of hydrogen-bond acceptors (Lipinski definition) is 5. The number of methoxy groups -OCH3 is 1. The van der Waals surface area contributed by atoms with Crippen LogP contribution in [0.25, 0.3) is 0 Å². The molecule has 4 atom stereocenters. The van der Waals surface area contributed by atoms with Crippen LogP contribution in [0.4, 0.5) is 5.95 Å². The molecule has 1 aromatic heterocycles. The first-order valence-corrected chi connectivity index (χ1v) is 6.52. The van der Waals surface area contributed by atoms with Crippen molar-refractivity contribution < 1.29 is 9.47 Å². The molecule has 2 heterocycles. The number of rotatable bonds is 4. The predicted octanol–water partition coefficient (Wildman–Crippen LogP) is 1.59. The lowest BCUT2D eigenvalue weighted by Gasteiger charge is -2.47. The molecule has 2 fully saturated rings. The fraction of sp³-hybridized carbons (Fsp3) is 0.667. The van der Waals surface area contributed by atoms with E-state index >= 15 is 0 Å². The standard InChI is InChI=1S/C12H16ClN3O2/c1-17-6-9-10(8-2-3-18-11(8)9)16-12-14-4-7(13)5-15-12/h4-5,8-11H,2-3,6H2,1H3,(H,14,15,16)/t8-,9+,10-,11-/m0/s1. The average Bonchev–Trinajstić information content (AvgIpc) is 2.80. The summed E-state index contributed by atoms with van der Waals surface area (Å²) in [5.74, 6) is 1.54. The fourth-order valence-corrected chi connectivity index (χ4v) is 3.07. The summed E-state index contributed by atoms with van der Waals surface area (Å²) in [7, 11) is 1.72. The van der Waals surface area contributed by atoms with E-state index in [9.17, 15) is 0 Å².